The standard InChI is InChI=1S/C14H22O4.C7H12O2/c1-4-6-7-12(5-2)10-18-14(17)11(3)8-9-13(15)16;1-3-5-6-9-7(8)4-2/h8-9,12H,3-7,10H2,1-2H3,(H,15,16);4H,2-3,5-6H2,1H3. The molecule has 0 heterocycles. The fraction of sp³-hybridized carbons (Fsp3) is 0.571. The monoisotopic (exact) mass is 382 g/mol. The van der Waals surface area contributed by atoms with Gasteiger partial charge in [0.1, 0.15) is 0 Å². The summed E-state index contributed by atoms with van der Waals surface area (Å²) in [6, 6.07) is 0. The molecular weight excluding hydrogens is 348 g/mol. The van der Waals surface area contributed by atoms with E-state index in [9.17, 15) is 14.4 Å². The molecule has 0 aliphatic rings. The number of hydrogen-bond acceptors (Lipinski definition) is 5. The largest absolute Gasteiger partial charge is 0.478 e. The van der Waals surface area contributed by atoms with E-state index in [1.165, 1.54) is 6.08 Å². The van der Waals surface area contributed by atoms with Crippen molar-refractivity contribution in [3.8, 4) is 0 Å². The molecule has 0 aliphatic carbocycles. The van der Waals surface area contributed by atoms with Gasteiger partial charge in [-0.1, -0.05) is 59.6 Å². The predicted molar refractivity (Wildman–Crippen MR) is 106 cm³/mol. The van der Waals surface area contributed by atoms with Crippen LogP contribution in [0.25, 0.3) is 0 Å². The van der Waals surface area contributed by atoms with E-state index in [2.05, 4.69) is 31.7 Å². The number of esters is 2. The number of carboxylic acid groups (broad SMARTS) is 1. The molecule has 0 saturated heterocycles. The lowest BCUT2D eigenvalue weighted by atomic mass is 10.0. The van der Waals surface area contributed by atoms with Crippen LogP contribution in [-0.4, -0.2) is 36.2 Å². The topological polar surface area (TPSA) is 89.9 Å². The number of carbonyl (C=O) groups excluding carboxylic acids is 2. The van der Waals surface area contributed by atoms with Crippen molar-refractivity contribution >= 4 is 17.9 Å². The van der Waals surface area contributed by atoms with Crippen LogP contribution in [0.4, 0.5) is 0 Å². The van der Waals surface area contributed by atoms with Gasteiger partial charge in [-0.3, -0.25) is 0 Å². The Morgan fingerprint density at radius 2 is 1.67 bits per heavy atom. The van der Waals surface area contributed by atoms with E-state index in [1.807, 2.05) is 6.92 Å². The molecule has 0 aromatic carbocycles. The highest BCUT2D eigenvalue weighted by Gasteiger charge is 2.11. The Labute approximate surface area is 162 Å². The Morgan fingerprint density at radius 3 is 2.15 bits per heavy atom. The summed E-state index contributed by atoms with van der Waals surface area (Å²) in [4.78, 5) is 32.1. The minimum atomic E-state index is -1.11. The van der Waals surface area contributed by atoms with E-state index >= 15 is 0 Å². The van der Waals surface area contributed by atoms with Gasteiger partial charge in [-0.05, 0) is 24.8 Å². The Balaban J connectivity index is 0. The average molecular weight is 382 g/mol. The van der Waals surface area contributed by atoms with Gasteiger partial charge in [0, 0.05) is 12.2 Å². The molecule has 0 aliphatic heterocycles. The van der Waals surface area contributed by atoms with Crippen LogP contribution in [-0.2, 0) is 23.9 Å². The number of rotatable bonds is 13. The maximum atomic E-state index is 11.5. The van der Waals surface area contributed by atoms with Crippen LogP contribution in [0.5, 0.6) is 0 Å². The second-order valence-electron chi connectivity index (χ2n) is 5.94. The number of unbranched alkanes of at least 4 members (excludes halogenated alkanes) is 2. The highest BCUT2D eigenvalue weighted by molar-refractivity contribution is 5.93. The summed E-state index contributed by atoms with van der Waals surface area (Å²) in [5.74, 6) is -1.63. The Kier molecular flexibility index (Phi) is 18.3. The lowest BCUT2D eigenvalue weighted by molar-refractivity contribution is -0.140. The third-order valence-corrected chi connectivity index (χ3v) is 3.59. The number of carboxylic acids is 1. The number of hydrogen-bond donors (Lipinski definition) is 1. The fourth-order valence-electron chi connectivity index (χ4n) is 1.80. The normalized spacial score (nSPS) is 11.1. The smallest absolute Gasteiger partial charge is 0.337 e. The van der Waals surface area contributed by atoms with Crippen LogP contribution in [0.15, 0.2) is 37.0 Å². The molecule has 27 heavy (non-hydrogen) atoms. The van der Waals surface area contributed by atoms with Gasteiger partial charge in [0.2, 0.25) is 0 Å². The van der Waals surface area contributed by atoms with E-state index in [0.29, 0.717) is 19.1 Å². The molecule has 0 bridgehead atoms. The van der Waals surface area contributed by atoms with Gasteiger partial charge in [-0.2, -0.15) is 0 Å². The molecular formula is C21H34O6. The summed E-state index contributed by atoms with van der Waals surface area (Å²) in [6.07, 6.45) is 9.42. The van der Waals surface area contributed by atoms with Crippen molar-refractivity contribution in [1.82, 2.24) is 0 Å². The Morgan fingerprint density at radius 1 is 1.04 bits per heavy atom. The van der Waals surface area contributed by atoms with Crippen LogP contribution in [0.3, 0.4) is 0 Å². The maximum Gasteiger partial charge on any atom is 0.337 e. The lowest BCUT2D eigenvalue weighted by Gasteiger charge is -2.14. The first-order valence-electron chi connectivity index (χ1n) is 9.38. The molecule has 0 rings (SSSR count). The van der Waals surface area contributed by atoms with Crippen LogP contribution in [0.2, 0.25) is 0 Å². The molecule has 0 aromatic heterocycles. The Bertz CT molecular complexity index is 493. The minimum absolute atomic E-state index is 0.0581. The molecule has 0 saturated carbocycles. The van der Waals surface area contributed by atoms with Crippen molar-refractivity contribution in [3.63, 3.8) is 0 Å². The zero-order chi connectivity index (χ0) is 21.1. The molecule has 0 fully saturated rings. The third-order valence-electron chi connectivity index (χ3n) is 3.59. The summed E-state index contributed by atoms with van der Waals surface area (Å²) in [6.45, 7) is 13.8. The van der Waals surface area contributed by atoms with E-state index in [4.69, 9.17) is 9.84 Å². The maximum absolute atomic E-state index is 11.5. The predicted octanol–water partition coefficient (Wildman–Crippen LogP) is 4.46. The first kappa shape index (κ1) is 26.9. The van der Waals surface area contributed by atoms with Crippen molar-refractivity contribution in [1.29, 1.82) is 0 Å². The number of carbonyl (C=O) groups is 3. The second kappa shape index (κ2) is 18.4. The Hall–Kier alpha value is -2.37. The zero-order valence-electron chi connectivity index (χ0n) is 16.9. The van der Waals surface area contributed by atoms with Crippen molar-refractivity contribution in [2.75, 3.05) is 13.2 Å². The molecule has 0 amide bonds. The quantitative estimate of drug-likeness (QED) is 0.219. The van der Waals surface area contributed by atoms with Crippen molar-refractivity contribution in [3.05, 3.63) is 37.0 Å². The van der Waals surface area contributed by atoms with Gasteiger partial charge in [-0.15, -0.1) is 0 Å². The lowest BCUT2D eigenvalue weighted by Crippen LogP contribution is -2.14. The highest BCUT2D eigenvalue weighted by atomic mass is 16.5. The van der Waals surface area contributed by atoms with E-state index in [-0.39, 0.29) is 11.5 Å². The highest BCUT2D eigenvalue weighted by Crippen LogP contribution is 2.13. The first-order chi connectivity index (χ1) is 12.8. The van der Waals surface area contributed by atoms with Crippen molar-refractivity contribution < 1.29 is 29.0 Å². The molecule has 0 spiro atoms. The summed E-state index contributed by atoms with van der Waals surface area (Å²) in [5, 5.41) is 8.42. The van der Waals surface area contributed by atoms with Crippen LogP contribution in [0, 0.1) is 5.92 Å². The van der Waals surface area contributed by atoms with Gasteiger partial charge < -0.3 is 14.6 Å². The van der Waals surface area contributed by atoms with Gasteiger partial charge in [0.15, 0.2) is 0 Å². The van der Waals surface area contributed by atoms with Crippen LogP contribution >= 0.6 is 0 Å². The third kappa shape index (κ3) is 18.2. The molecule has 154 valence electrons. The van der Waals surface area contributed by atoms with Gasteiger partial charge in [0.25, 0.3) is 0 Å². The molecule has 1 atom stereocenters. The van der Waals surface area contributed by atoms with E-state index in [0.717, 1.165) is 50.7 Å². The molecule has 1 unspecified atom stereocenters. The van der Waals surface area contributed by atoms with Crippen molar-refractivity contribution in [2.24, 2.45) is 5.92 Å². The van der Waals surface area contributed by atoms with Crippen LogP contribution < -0.4 is 0 Å². The number of aliphatic carboxylic acids is 1. The van der Waals surface area contributed by atoms with Gasteiger partial charge in [0.05, 0.1) is 18.8 Å². The van der Waals surface area contributed by atoms with Crippen molar-refractivity contribution in [2.45, 2.75) is 59.3 Å². The van der Waals surface area contributed by atoms with Gasteiger partial charge >= 0.3 is 17.9 Å². The molecule has 6 nitrogen and oxygen atoms in total. The number of ether oxygens (including phenoxy) is 2. The summed E-state index contributed by atoms with van der Waals surface area (Å²) < 4.78 is 9.78. The molecule has 0 radical (unpaired) electrons. The second-order valence-corrected chi connectivity index (χ2v) is 5.94. The van der Waals surface area contributed by atoms with E-state index < -0.39 is 11.9 Å². The SMILES string of the molecule is C=C(C=CC(=O)O)C(=O)OCC(CC)CCCC.C=CC(=O)OCCCC. The molecule has 1 N–H and O–H groups in total. The molecule has 0 aromatic rings. The summed E-state index contributed by atoms with van der Waals surface area (Å²) in [7, 11) is 0. The summed E-state index contributed by atoms with van der Waals surface area (Å²) >= 11 is 0. The summed E-state index contributed by atoms with van der Waals surface area (Å²) in [5.41, 5.74) is 0.0581. The first-order valence-corrected chi connectivity index (χ1v) is 9.38. The van der Waals surface area contributed by atoms with Gasteiger partial charge in [-0.25, -0.2) is 14.4 Å². The van der Waals surface area contributed by atoms with E-state index in [1.54, 1.807) is 0 Å². The zero-order valence-corrected chi connectivity index (χ0v) is 16.9. The average Bonchev–Trinajstić information content (AvgIpc) is 2.66. The fourth-order valence-corrected chi connectivity index (χ4v) is 1.80. The minimum Gasteiger partial charge on any atom is -0.478 e. The molecule has 6 heteroatoms. The van der Waals surface area contributed by atoms with Crippen LogP contribution in [0.1, 0.15) is 59.3 Å².